The molecule has 1 aliphatic heterocycles. The van der Waals surface area contributed by atoms with E-state index in [4.69, 9.17) is 4.74 Å². The number of hydrogen-bond donors (Lipinski definition) is 0. The number of aromatic nitrogens is 2. The number of rotatable bonds is 4. The van der Waals surface area contributed by atoms with Crippen LogP contribution in [-0.2, 0) is 11.3 Å². The molecule has 1 aromatic heterocycles. The Morgan fingerprint density at radius 3 is 2.85 bits per heavy atom. The Balaban J connectivity index is 2.08. The van der Waals surface area contributed by atoms with Crippen molar-refractivity contribution in [1.29, 1.82) is 0 Å². The summed E-state index contributed by atoms with van der Waals surface area (Å²) >= 11 is 2.29. The maximum absolute atomic E-state index is 12.3. The van der Waals surface area contributed by atoms with Crippen LogP contribution >= 0.6 is 22.6 Å². The highest BCUT2D eigenvalue weighted by atomic mass is 127. The number of halogens is 1. The van der Waals surface area contributed by atoms with Crippen LogP contribution in [0.5, 0.6) is 0 Å². The first-order valence-electron chi connectivity index (χ1n) is 6.84. The fourth-order valence-electron chi connectivity index (χ4n) is 2.38. The molecule has 4 nitrogen and oxygen atoms in total. The maximum Gasteiger partial charge on any atom is 0.186 e. The standard InChI is InChI=1S/C15H17IN2O2/c1-9(2)15(19)14-12-4-3-11(16)5-13(12)18(17-14)6-10-7-20-8-10/h3-5,9-10H,6-8H2,1-2H3. The zero-order valence-electron chi connectivity index (χ0n) is 11.6. The molecule has 0 bridgehead atoms. The Kier molecular flexibility index (Phi) is 3.81. The highest BCUT2D eigenvalue weighted by Crippen LogP contribution is 2.25. The van der Waals surface area contributed by atoms with Gasteiger partial charge in [0.05, 0.1) is 18.7 Å². The smallest absolute Gasteiger partial charge is 0.186 e. The molecule has 3 rings (SSSR count). The molecule has 0 unspecified atom stereocenters. The molecule has 1 aliphatic rings. The molecule has 0 radical (unpaired) electrons. The van der Waals surface area contributed by atoms with E-state index >= 15 is 0 Å². The minimum atomic E-state index is -0.0344. The lowest BCUT2D eigenvalue weighted by atomic mass is 10.0. The number of Topliss-reactive ketones (excluding diaryl/α,β-unsaturated/α-hetero) is 1. The van der Waals surface area contributed by atoms with E-state index in [-0.39, 0.29) is 11.7 Å². The monoisotopic (exact) mass is 384 g/mol. The molecule has 1 saturated heterocycles. The molecular weight excluding hydrogens is 367 g/mol. The van der Waals surface area contributed by atoms with Gasteiger partial charge in [0.15, 0.2) is 5.78 Å². The predicted molar refractivity (Wildman–Crippen MR) is 85.9 cm³/mol. The molecule has 0 spiro atoms. The van der Waals surface area contributed by atoms with Gasteiger partial charge in [-0.25, -0.2) is 0 Å². The Morgan fingerprint density at radius 2 is 2.25 bits per heavy atom. The third-order valence-corrected chi connectivity index (χ3v) is 4.28. The summed E-state index contributed by atoms with van der Waals surface area (Å²) in [7, 11) is 0. The van der Waals surface area contributed by atoms with Crippen molar-refractivity contribution in [1.82, 2.24) is 9.78 Å². The average molecular weight is 384 g/mol. The van der Waals surface area contributed by atoms with E-state index in [0.29, 0.717) is 11.6 Å². The van der Waals surface area contributed by atoms with Gasteiger partial charge in [-0.05, 0) is 40.8 Å². The predicted octanol–water partition coefficient (Wildman–Crippen LogP) is 3.13. The number of carbonyl (C=O) groups is 1. The van der Waals surface area contributed by atoms with Gasteiger partial charge in [0, 0.05) is 27.3 Å². The van der Waals surface area contributed by atoms with E-state index < -0.39 is 0 Å². The second-order valence-electron chi connectivity index (χ2n) is 5.61. The van der Waals surface area contributed by atoms with Crippen LogP contribution in [0.4, 0.5) is 0 Å². The van der Waals surface area contributed by atoms with Crippen LogP contribution < -0.4 is 0 Å². The van der Waals surface area contributed by atoms with Crippen LogP contribution in [0.2, 0.25) is 0 Å². The summed E-state index contributed by atoms with van der Waals surface area (Å²) in [5, 5.41) is 5.54. The van der Waals surface area contributed by atoms with Gasteiger partial charge < -0.3 is 4.74 Å². The van der Waals surface area contributed by atoms with Gasteiger partial charge in [0.25, 0.3) is 0 Å². The van der Waals surface area contributed by atoms with Gasteiger partial charge in [0.1, 0.15) is 5.69 Å². The van der Waals surface area contributed by atoms with Crippen LogP contribution in [0, 0.1) is 15.4 Å². The number of benzene rings is 1. The summed E-state index contributed by atoms with van der Waals surface area (Å²) in [6, 6.07) is 6.13. The largest absolute Gasteiger partial charge is 0.381 e. The number of ketones is 1. The normalized spacial score (nSPS) is 15.8. The van der Waals surface area contributed by atoms with Gasteiger partial charge in [-0.15, -0.1) is 0 Å². The van der Waals surface area contributed by atoms with E-state index in [2.05, 4.69) is 33.8 Å². The SMILES string of the molecule is CC(C)C(=O)c1nn(CC2COC2)c2cc(I)ccc12. The molecule has 20 heavy (non-hydrogen) atoms. The van der Waals surface area contributed by atoms with Crippen LogP contribution in [0.25, 0.3) is 10.9 Å². The second-order valence-corrected chi connectivity index (χ2v) is 6.86. The van der Waals surface area contributed by atoms with E-state index in [1.165, 1.54) is 0 Å². The fourth-order valence-corrected chi connectivity index (χ4v) is 2.85. The van der Waals surface area contributed by atoms with Gasteiger partial charge in [-0.3, -0.25) is 9.48 Å². The lowest BCUT2D eigenvalue weighted by Crippen LogP contribution is -2.31. The summed E-state index contributed by atoms with van der Waals surface area (Å²) in [5.74, 6) is 0.589. The van der Waals surface area contributed by atoms with Crippen molar-refractivity contribution in [2.75, 3.05) is 13.2 Å². The number of fused-ring (bicyclic) bond motifs is 1. The highest BCUT2D eigenvalue weighted by molar-refractivity contribution is 14.1. The Morgan fingerprint density at radius 1 is 1.50 bits per heavy atom. The van der Waals surface area contributed by atoms with E-state index in [1.807, 2.05) is 30.7 Å². The molecule has 2 heterocycles. The Labute approximate surface area is 131 Å². The first-order chi connectivity index (χ1) is 9.56. The van der Waals surface area contributed by atoms with Gasteiger partial charge in [0.2, 0.25) is 0 Å². The number of carbonyl (C=O) groups excluding carboxylic acids is 1. The van der Waals surface area contributed by atoms with Crippen molar-refractivity contribution in [3.05, 3.63) is 27.5 Å². The summed E-state index contributed by atoms with van der Waals surface area (Å²) in [6.45, 7) is 6.23. The van der Waals surface area contributed by atoms with Gasteiger partial charge in [-0.2, -0.15) is 5.10 Å². The lowest BCUT2D eigenvalue weighted by molar-refractivity contribution is -0.0403. The van der Waals surface area contributed by atoms with Crippen molar-refractivity contribution in [3.8, 4) is 0 Å². The molecule has 5 heteroatoms. The quantitative estimate of drug-likeness (QED) is 0.601. The summed E-state index contributed by atoms with van der Waals surface area (Å²) in [4.78, 5) is 12.3. The molecule has 2 aromatic rings. The second kappa shape index (κ2) is 5.44. The van der Waals surface area contributed by atoms with Crippen LogP contribution in [0.15, 0.2) is 18.2 Å². The minimum Gasteiger partial charge on any atom is -0.381 e. The van der Waals surface area contributed by atoms with Crippen molar-refractivity contribution in [2.45, 2.75) is 20.4 Å². The lowest BCUT2D eigenvalue weighted by Gasteiger charge is -2.25. The first kappa shape index (κ1) is 14.0. The zero-order valence-corrected chi connectivity index (χ0v) is 13.8. The van der Waals surface area contributed by atoms with Crippen molar-refractivity contribution < 1.29 is 9.53 Å². The molecule has 0 aliphatic carbocycles. The third kappa shape index (κ3) is 2.48. The molecule has 1 aromatic carbocycles. The molecule has 0 N–H and O–H groups in total. The first-order valence-corrected chi connectivity index (χ1v) is 7.92. The van der Waals surface area contributed by atoms with E-state index in [1.54, 1.807) is 0 Å². The minimum absolute atomic E-state index is 0.0344. The highest BCUT2D eigenvalue weighted by Gasteiger charge is 2.24. The molecule has 106 valence electrons. The molecule has 0 atom stereocenters. The van der Waals surface area contributed by atoms with E-state index in [9.17, 15) is 4.79 Å². The molecule has 0 saturated carbocycles. The van der Waals surface area contributed by atoms with Crippen LogP contribution in [0.1, 0.15) is 24.3 Å². The Bertz CT molecular complexity index is 659. The fraction of sp³-hybridized carbons (Fsp3) is 0.467. The van der Waals surface area contributed by atoms with Crippen molar-refractivity contribution in [2.24, 2.45) is 11.8 Å². The summed E-state index contributed by atoms with van der Waals surface area (Å²) in [6.07, 6.45) is 0. The van der Waals surface area contributed by atoms with Gasteiger partial charge in [-0.1, -0.05) is 13.8 Å². The van der Waals surface area contributed by atoms with Gasteiger partial charge >= 0.3 is 0 Å². The number of nitrogens with zero attached hydrogens (tertiary/aromatic N) is 2. The Hall–Kier alpha value is -0.950. The third-order valence-electron chi connectivity index (χ3n) is 3.61. The van der Waals surface area contributed by atoms with Crippen molar-refractivity contribution >= 4 is 39.3 Å². The average Bonchev–Trinajstić information content (AvgIpc) is 2.70. The van der Waals surface area contributed by atoms with Crippen LogP contribution in [0.3, 0.4) is 0 Å². The number of hydrogen-bond acceptors (Lipinski definition) is 3. The van der Waals surface area contributed by atoms with Crippen LogP contribution in [-0.4, -0.2) is 28.8 Å². The zero-order chi connectivity index (χ0) is 14.3. The topological polar surface area (TPSA) is 44.1 Å². The molecule has 0 amide bonds. The van der Waals surface area contributed by atoms with Crippen molar-refractivity contribution in [3.63, 3.8) is 0 Å². The summed E-state index contributed by atoms with van der Waals surface area (Å²) in [5.41, 5.74) is 1.65. The van der Waals surface area contributed by atoms with E-state index in [0.717, 1.165) is 34.2 Å². The number of ether oxygens (including phenoxy) is 1. The maximum atomic E-state index is 12.3. The molecule has 1 fully saturated rings. The summed E-state index contributed by atoms with van der Waals surface area (Å²) < 4.78 is 8.36. The molecular formula is C15H17IN2O2.